The molecule has 0 saturated heterocycles. The molecular weight excluding hydrogens is 434 g/mol. The van der Waals surface area contributed by atoms with Gasteiger partial charge in [0.15, 0.2) is 5.96 Å². The standard InChI is InChI=1S/C18H25FN4O.HI/c1-3-20-18(21-10-13-23-11-4-5-12-23)22-14-17(24-2)15-6-8-16(19)9-7-15;/h4-9,11-12,17H,3,10,13-14H2,1-2H3,(H2,20,21,22);1H. The van der Waals surface area contributed by atoms with Crippen LogP contribution < -0.4 is 10.6 Å². The van der Waals surface area contributed by atoms with Crippen molar-refractivity contribution in [3.63, 3.8) is 0 Å². The summed E-state index contributed by atoms with van der Waals surface area (Å²) < 4.78 is 20.6. The Morgan fingerprint density at radius 2 is 1.88 bits per heavy atom. The number of aromatic nitrogens is 1. The zero-order chi connectivity index (χ0) is 17.2. The van der Waals surface area contributed by atoms with E-state index in [0.29, 0.717) is 6.54 Å². The minimum atomic E-state index is -0.253. The highest BCUT2D eigenvalue weighted by Crippen LogP contribution is 2.17. The van der Waals surface area contributed by atoms with E-state index in [1.54, 1.807) is 19.2 Å². The second-order valence-corrected chi connectivity index (χ2v) is 5.34. The first-order valence-corrected chi connectivity index (χ1v) is 8.14. The molecule has 0 fully saturated rings. The van der Waals surface area contributed by atoms with Gasteiger partial charge in [-0.25, -0.2) is 4.39 Å². The van der Waals surface area contributed by atoms with Crippen LogP contribution in [0.5, 0.6) is 0 Å². The minimum Gasteiger partial charge on any atom is -0.375 e. The molecule has 0 radical (unpaired) electrons. The number of aliphatic imine (C=N–C) groups is 1. The maximum Gasteiger partial charge on any atom is 0.191 e. The topological polar surface area (TPSA) is 50.6 Å². The van der Waals surface area contributed by atoms with Crippen molar-refractivity contribution >= 4 is 29.9 Å². The molecule has 1 atom stereocenters. The van der Waals surface area contributed by atoms with Gasteiger partial charge in [-0.15, -0.1) is 24.0 Å². The molecule has 0 amide bonds. The van der Waals surface area contributed by atoms with E-state index in [2.05, 4.69) is 20.2 Å². The number of halogens is 2. The summed E-state index contributed by atoms with van der Waals surface area (Å²) >= 11 is 0. The van der Waals surface area contributed by atoms with E-state index >= 15 is 0 Å². The monoisotopic (exact) mass is 460 g/mol. The first-order valence-electron chi connectivity index (χ1n) is 8.14. The van der Waals surface area contributed by atoms with Crippen molar-refractivity contribution in [1.29, 1.82) is 0 Å². The normalized spacial score (nSPS) is 12.4. The summed E-state index contributed by atoms with van der Waals surface area (Å²) in [5.74, 6) is 0.492. The van der Waals surface area contributed by atoms with Crippen LogP contribution in [0.2, 0.25) is 0 Å². The first-order chi connectivity index (χ1) is 11.7. The van der Waals surface area contributed by atoms with Crippen LogP contribution in [0.15, 0.2) is 53.8 Å². The molecule has 1 aromatic carbocycles. The molecule has 2 N–H and O–H groups in total. The third kappa shape index (κ3) is 7.43. The highest BCUT2D eigenvalue weighted by atomic mass is 127. The molecule has 1 unspecified atom stereocenters. The molecular formula is C18H26FIN4O. The van der Waals surface area contributed by atoms with Crippen molar-refractivity contribution in [2.75, 3.05) is 26.7 Å². The third-order valence-electron chi connectivity index (χ3n) is 3.61. The molecule has 0 saturated carbocycles. The van der Waals surface area contributed by atoms with Gasteiger partial charge in [-0.05, 0) is 36.8 Å². The summed E-state index contributed by atoms with van der Waals surface area (Å²) in [5.41, 5.74) is 0.908. The molecule has 1 heterocycles. The van der Waals surface area contributed by atoms with Crippen molar-refractivity contribution < 1.29 is 9.13 Å². The summed E-state index contributed by atoms with van der Waals surface area (Å²) in [6, 6.07) is 10.3. The summed E-state index contributed by atoms with van der Waals surface area (Å²) in [6.45, 7) is 4.90. The van der Waals surface area contributed by atoms with Gasteiger partial charge in [0.2, 0.25) is 0 Å². The van der Waals surface area contributed by atoms with E-state index in [9.17, 15) is 4.39 Å². The lowest BCUT2D eigenvalue weighted by molar-refractivity contribution is 0.111. The van der Waals surface area contributed by atoms with Gasteiger partial charge < -0.3 is 19.9 Å². The molecule has 1 aromatic heterocycles. The van der Waals surface area contributed by atoms with Crippen LogP contribution in [0, 0.1) is 5.82 Å². The van der Waals surface area contributed by atoms with E-state index in [4.69, 9.17) is 4.74 Å². The van der Waals surface area contributed by atoms with Crippen LogP contribution >= 0.6 is 24.0 Å². The van der Waals surface area contributed by atoms with Crippen LogP contribution in [0.25, 0.3) is 0 Å². The zero-order valence-corrected chi connectivity index (χ0v) is 16.9. The van der Waals surface area contributed by atoms with Crippen LogP contribution in [-0.2, 0) is 11.3 Å². The molecule has 7 heteroatoms. The van der Waals surface area contributed by atoms with Crippen LogP contribution in [-0.4, -0.2) is 37.3 Å². The van der Waals surface area contributed by atoms with Crippen LogP contribution in [0.3, 0.4) is 0 Å². The number of guanidine groups is 1. The molecule has 0 aliphatic carbocycles. The summed E-state index contributed by atoms with van der Waals surface area (Å²) in [6.07, 6.45) is 3.85. The number of hydrogen-bond acceptors (Lipinski definition) is 2. The average molecular weight is 460 g/mol. The van der Waals surface area contributed by atoms with Gasteiger partial charge in [-0.3, -0.25) is 4.99 Å². The van der Waals surface area contributed by atoms with Crippen molar-refractivity contribution in [3.8, 4) is 0 Å². The number of benzene rings is 1. The molecule has 2 rings (SSSR count). The molecule has 0 aliphatic heterocycles. The first kappa shape index (κ1) is 21.4. The van der Waals surface area contributed by atoms with Crippen LogP contribution in [0.4, 0.5) is 4.39 Å². The Balaban J connectivity index is 0.00000312. The summed E-state index contributed by atoms with van der Waals surface area (Å²) in [4.78, 5) is 4.57. The fraction of sp³-hybridized carbons (Fsp3) is 0.389. The van der Waals surface area contributed by atoms with E-state index in [-0.39, 0.29) is 35.9 Å². The fourth-order valence-electron chi connectivity index (χ4n) is 2.33. The molecule has 25 heavy (non-hydrogen) atoms. The van der Waals surface area contributed by atoms with Gasteiger partial charge in [0.25, 0.3) is 0 Å². The lowest BCUT2D eigenvalue weighted by Gasteiger charge is -2.16. The number of rotatable bonds is 8. The smallest absolute Gasteiger partial charge is 0.191 e. The van der Waals surface area contributed by atoms with E-state index in [0.717, 1.165) is 31.2 Å². The Labute approximate surface area is 165 Å². The van der Waals surface area contributed by atoms with E-state index in [1.165, 1.54) is 12.1 Å². The molecule has 0 spiro atoms. The highest BCUT2D eigenvalue weighted by molar-refractivity contribution is 14.0. The molecule has 0 aliphatic rings. The predicted molar refractivity (Wildman–Crippen MR) is 110 cm³/mol. The SMILES string of the molecule is CCNC(=NCC(OC)c1ccc(F)cc1)NCCn1cccc1.I. The largest absolute Gasteiger partial charge is 0.375 e. The van der Waals surface area contributed by atoms with E-state index in [1.807, 2.05) is 31.5 Å². The van der Waals surface area contributed by atoms with Gasteiger partial charge >= 0.3 is 0 Å². The Kier molecular flexibility index (Phi) is 10.2. The van der Waals surface area contributed by atoms with Gasteiger partial charge in [0.05, 0.1) is 6.54 Å². The highest BCUT2D eigenvalue weighted by Gasteiger charge is 2.10. The minimum absolute atomic E-state index is 0. The molecule has 2 aromatic rings. The second kappa shape index (κ2) is 11.9. The van der Waals surface area contributed by atoms with Crippen molar-refractivity contribution in [2.45, 2.75) is 19.6 Å². The number of ether oxygens (including phenoxy) is 1. The lowest BCUT2D eigenvalue weighted by Crippen LogP contribution is -2.39. The van der Waals surface area contributed by atoms with Crippen molar-refractivity contribution in [3.05, 3.63) is 60.2 Å². The Morgan fingerprint density at radius 1 is 1.20 bits per heavy atom. The van der Waals surface area contributed by atoms with Gasteiger partial charge in [0, 0.05) is 39.1 Å². The fourth-order valence-corrected chi connectivity index (χ4v) is 2.33. The maximum absolute atomic E-state index is 13.0. The zero-order valence-electron chi connectivity index (χ0n) is 14.6. The Morgan fingerprint density at radius 3 is 2.48 bits per heavy atom. The number of nitrogens with one attached hydrogen (secondary N) is 2. The third-order valence-corrected chi connectivity index (χ3v) is 3.61. The van der Waals surface area contributed by atoms with Gasteiger partial charge in [-0.2, -0.15) is 0 Å². The van der Waals surface area contributed by atoms with Crippen molar-refractivity contribution in [2.24, 2.45) is 4.99 Å². The number of methoxy groups -OCH3 is 1. The van der Waals surface area contributed by atoms with Crippen LogP contribution in [0.1, 0.15) is 18.6 Å². The van der Waals surface area contributed by atoms with Crippen molar-refractivity contribution in [1.82, 2.24) is 15.2 Å². The van der Waals surface area contributed by atoms with Gasteiger partial charge in [0.1, 0.15) is 11.9 Å². The van der Waals surface area contributed by atoms with E-state index < -0.39 is 0 Å². The lowest BCUT2D eigenvalue weighted by atomic mass is 10.1. The number of nitrogens with zero attached hydrogens (tertiary/aromatic N) is 2. The second-order valence-electron chi connectivity index (χ2n) is 5.34. The molecule has 138 valence electrons. The maximum atomic E-state index is 13.0. The molecule has 0 bridgehead atoms. The van der Waals surface area contributed by atoms with Gasteiger partial charge in [-0.1, -0.05) is 12.1 Å². The quantitative estimate of drug-likeness (QED) is 0.362. The number of hydrogen-bond donors (Lipinski definition) is 2. The Hall–Kier alpha value is -1.61. The molecule has 5 nitrogen and oxygen atoms in total. The summed E-state index contributed by atoms with van der Waals surface area (Å²) in [5, 5.41) is 6.52. The summed E-state index contributed by atoms with van der Waals surface area (Å²) in [7, 11) is 1.63. The predicted octanol–water partition coefficient (Wildman–Crippen LogP) is 3.19. The Bertz CT molecular complexity index is 617. The average Bonchev–Trinajstić information content (AvgIpc) is 3.10.